The molecule has 1 saturated heterocycles. The van der Waals surface area contributed by atoms with Crippen LogP contribution in [0.5, 0.6) is 0 Å². The number of nitrogens with zero attached hydrogens (tertiary/aromatic N) is 2. The van der Waals surface area contributed by atoms with E-state index in [1.165, 1.54) is 15.4 Å². The van der Waals surface area contributed by atoms with Crippen LogP contribution in [0, 0.1) is 18.6 Å². The SMILES string of the molecule is Cc1ccccc1CN1CCN(S(=O)(=O)c2cc(F)cc(F)c2)CC1. The topological polar surface area (TPSA) is 40.6 Å². The number of piperazine rings is 1. The molecule has 0 saturated carbocycles. The molecule has 2 aromatic carbocycles. The molecular formula is C18H20F2N2O2S. The Morgan fingerprint density at radius 2 is 1.56 bits per heavy atom. The van der Waals surface area contributed by atoms with E-state index in [-0.39, 0.29) is 4.90 Å². The van der Waals surface area contributed by atoms with E-state index in [0.29, 0.717) is 32.2 Å². The largest absolute Gasteiger partial charge is 0.296 e. The van der Waals surface area contributed by atoms with Crippen LogP contribution in [0.15, 0.2) is 47.4 Å². The normalized spacial score (nSPS) is 16.9. The Labute approximate surface area is 146 Å². The molecule has 0 radical (unpaired) electrons. The first-order valence-corrected chi connectivity index (χ1v) is 9.53. The van der Waals surface area contributed by atoms with E-state index in [1.807, 2.05) is 12.1 Å². The fraction of sp³-hybridized carbons (Fsp3) is 0.333. The number of hydrogen-bond donors (Lipinski definition) is 0. The van der Waals surface area contributed by atoms with Crippen LogP contribution in [-0.2, 0) is 16.6 Å². The van der Waals surface area contributed by atoms with Crippen molar-refractivity contribution in [3.63, 3.8) is 0 Å². The molecule has 4 nitrogen and oxygen atoms in total. The Morgan fingerprint density at radius 1 is 0.960 bits per heavy atom. The van der Waals surface area contributed by atoms with Gasteiger partial charge < -0.3 is 0 Å². The average Bonchev–Trinajstić information content (AvgIpc) is 2.56. The van der Waals surface area contributed by atoms with Gasteiger partial charge in [0, 0.05) is 38.8 Å². The van der Waals surface area contributed by atoms with Crippen LogP contribution in [0.25, 0.3) is 0 Å². The molecule has 25 heavy (non-hydrogen) atoms. The van der Waals surface area contributed by atoms with Crippen molar-refractivity contribution >= 4 is 10.0 Å². The Balaban J connectivity index is 1.68. The zero-order valence-electron chi connectivity index (χ0n) is 14.0. The highest BCUT2D eigenvalue weighted by molar-refractivity contribution is 7.89. The lowest BCUT2D eigenvalue weighted by atomic mass is 10.1. The molecule has 0 spiro atoms. The molecule has 134 valence electrons. The minimum absolute atomic E-state index is 0.298. The van der Waals surface area contributed by atoms with Crippen molar-refractivity contribution in [2.75, 3.05) is 26.2 Å². The van der Waals surface area contributed by atoms with Crippen molar-refractivity contribution in [2.24, 2.45) is 0 Å². The maximum absolute atomic E-state index is 13.3. The summed E-state index contributed by atoms with van der Waals surface area (Å²) in [5.41, 5.74) is 2.42. The molecule has 0 atom stereocenters. The van der Waals surface area contributed by atoms with E-state index in [9.17, 15) is 17.2 Å². The standard InChI is InChI=1S/C18H20F2N2O2S/c1-14-4-2-3-5-15(14)13-21-6-8-22(9-7-21)25(23,24)18-11-16(19)10-17(20)12-18/h2-5,10-12H,6-9,13H2,1H3. The summed E-state index contributed by atoms with van der Waals surface area (Å²) in [5.74, 6) is -1.78. The Bertz CT molecular complexity index is 843. The molecule has 0 amide bonds. The van der Waals surface area contributed by atoms with Gasteiger partial charge in [0.05, 0.1) is 4.90 Å². The van der Waals surface area contributed by atoms with Crippen LogP contribution in [0.4, 0.5) is 8.78 Å². The van der Waals surface area contributed by atoms with Gasteiger partial charge in [0.15, 0.2) is 0 Å². The van der Waals surface area contributed by atoms with E-state index in [4.69, 9.17) is 0 Å². The van der Waals surface area contributed by atoms with Gasteiger partial charge >= 0.3 is 0 Å². The minimum atomic E-state index is -3.88. The van der Waals surface area contributed by atoms with Gasteiger partial charge in [0.1, 0.15) is 11.6 Å². The number of sulfonamides is 1. The predicted molar refractivity (Wildman–Crippen MR) is 91.6 cm³/mol. The number of rotatable bonds is 4. The molecule has 1 heterocycles. The van der Waals surface area contributed by atoms with Crippen LogP contribution in [0.3, 0.4) is 0 Å². The van der Waals surface area contributed by atoms with Gasteiger partial charge in [0.2, 0.25) is 10.0 Å². The first kappa shape index (κ1) is 18.0. The lowest BCUT2D eigenvalue weighted by Crippen LogP contribution is -2.48. The first-order chi connectivity index (χ1) is 11.9. The van der Waals surface area contributed by atoms with E-state index < -0.39 is 21.7 Å². The monoisotopic (exact) mass is 366 g/mol. The van der Waals surface area contributed by atoms with Crippen molar-refractivity contribution in [2.45, 2.75) is 18.4 Å². The van der Waals surface area contributed by atoms with Gasteiger partial charge in [-0.05, 0) is 30.2 Å². The maximum Gasteiger partial charge on any atom is 0.243 e. The van der Waals surface area contributed by atoms with E-state index in [1.54, 1.807) is 0 Å². The number of aryl methyl sites for hydroxylation is 1. The van der Waals surface area contributed by atoms with Gasteiger partial charge in [-0.3, -0.25) is 4.90 Å². The van der Waals surface area contributed by atoms with E-state index >= 15 is 0 Å². The lowest BCUT2D eigenvalue weighted by molar-refractivity contribution is 0.181. The molecule has 1 fully saturated rings. The van der Waals surface area contributed by atoms with E-state index in [0.717, 1.165) is 18.7 Å². The molecule has 2 aromatic rings. The molecule has 1 aliphatic heterocycles. The third kappa shape index (κ3) is 4.05. The van der Waals surface area contributed by atoms with Crippen LogP contribution in [0.1, 0.15) is 11.1 Å². The third-order valence-corrected chi connectivity index (χ3v) is 6.34. The van der Waals surface area contributed by atoms with Crippen molar-refractivity contribution in [3.8, 4) is 0 Å². The van der Waals surface area contributed by atoms with Crippen molar-refractivity contribution in [1.82, 2.24) is 9.21 Å². The van der Waals surface area contributed by atoms with Crippen molar-refractivity contribution in [3.05, 3.63) is 65.2 Å². The summed E-state index contributed by atoms with van der Waals surface area (Å²) in [6.45, 7) is 4.55. The molecule has 1 aliphatic rings. The highest BCUT2D eigenvalue weighted by atomic mass is 32.2. The zero-order valence-corrected chi connectivity index (χ0v) is 14.8. The summed E-state index contributed by atoms with van der Waals surface area (Å²) < 4.78 is 53.1. The summed E-state index contributed by atoms with van der Waals surface area (Å²) in [6.07, 6.45) is 0. The second-order valence-corrected chi connectivity index (χ2v) is 8.15. The van der Waals surface area contributed by atoms with E-state index in [2.05, 4.69) is 24.0 Å². The highest BCUT2D eigenvalue weighted by Crippen LogP contribution is 2.21. The fourth-order valence-corrected chi connectivity index (χ4v) is 4.45. The minimum Gasteiger partial charge on any atom is -0.296 e. The van der Waals surface area contributed by atoms with Gasteiger partial charge in [-0.1, -0.05) is 24.3 Å². The molecule has 0 aliphatic carbocycles. The smallest absolute Gasteiger partial charge is 0.243 e. The Hall–Kier alpha value is -1.83. The van der Waals surface area contributed by atoms with Crippen molar-refractivity contribution in [1.29, 1.82) is 0 Å². The lowest BCUT2D eigenvalue weighted by Gasteiger charge is -2.34. The number of benzene rings is 2. The van der Waals surface area contributed by atoms with Crippen LogP contribution in [-0.4, -0.2) is 43.8 Å². The van der Waals surface area contributed by atoms with Crippen molar-refractivity contribution < 1.29 is 17.2 Å². The quantitative estimate of drug-likeness (QED) is 0.836. The average molecular weight is 366 g/mol. The molecule has 7 heteroatoms. The zero-order chi connectivity index (χ0) is 18.0. The Morgan fingerprint density at radius 3 is 2.16 bits per heavy atom. The Kier molecular flexibility index (Phi) is 5.17. The molecule has 0 N–H and O–H groups in total. The third-order valence-electron chi connectivity index (χ3n) is 4.46. The summed E-state index contributed by atoms with van der Waals surface area (Å²) in [4.78, 5) is 1.85. The number of halogens is 2. The second-order valence-electron chi connectivity index (χ2n) is 6.21. The molecule has 3 rings (SSSR count). The summed E-state index contributed by atoms with van der Waals surface area (Å²) in [6, 6.07) is 10.5. The van der Waals surface area contributed by atoms with Crippen LogP contribution in [0.2, 0.25) is 0 Å². The second kappa shape index (κ2) is 7.19. The molecule has 0 aromatic heterocycles. The van der Waals surface area contributed by atoms with Crippen LogP contribution >= 0.6 is 0 Å². The highest BCUT2D eigenvalue weighted by Gasteiger charge is 2.29. The van der Waals surface area contributed by atoms with Gasteiger partial charge in [0.25, 0.3) is 0 Å². The summed E-state index contributed by atoms with van der Waals surface area (Å²) in [5, 5.41) is 0. The van der Waals surface area contributed by atoms with Gasteiger partial charge in [-0.25, -0.2) is 17.2 Å². The molecule has 0 unspecified atom stereocenters. The molecule has 0 bridgehead atoms. The fourth-order valence-electron chi connectivity index (χ4n) is 2.98. The number of hydrogen-bond acceptors (Lipinski definition) is 3. The van der Waals surface area contributed by atoms with Gasteiger partial charge in [-0.2, -0.15) is 4.31 Å². The van der Waals surface area contributed by atoms with Crippen LogP contribution < -0.4 is 0 Å². The summed E-state index contributed by atoms with van der Waals surface area (Å²) in [7, 11) is -3.88. The maximum atomic E-state index is 13.3. The first-order valence-electron chi connectivity index (χ1n) is 8.09. The summed E-state index contributed by atoms with van der Waals surface area (Å²) >= 11 is 0. The van der Waals surface area contributed by atoms with Gasteiger partial charge in [-0.15, -0.1) is 0 Å². The predicted octanol–water partition coefficient (Wildman–Crippen LogP) is 2.78. The molecular weight excluding hydrogens is 346 g/mol.